The van der Waals surface area contributed by atoms with Gasteiger partial charge in [-0.1, -0.05) is 134 Å². The van der Waals surface area contributed by atoms with Gasteiger partial charge in [0.05, 0.1) is 14.2 Å². The minimum absolute atomic E-state index is 0.109. The van der Waals surface area contributed by atoms with Gasteiger partial charge in [-0.2, -0.15) is 0 Å². The molecule has 0 aromatic heterocycles. The highest BCUT2D eigenvalue weighted by atomic mass is 16.7. The summed E-state index contributed by atoms with van der Waals surface area (Å²) in [6, 6.07) is 14.5. The van der Waals surface area contributed by atoms with Crippen LogP contribution < -0.4 is 9.47 Å². The molecule has 7 nitrogen and oxygen atoms in total. The lowest BCUT2D eigenvalue weighted by Crippen LogP contribution is -2.34. The van der Waals surface area contributed by atoms with Gasteiger partial charge < -0.3 is 23.7 Å². The Balaban J connectivity index is 0.000000288. The van der Waals surface area contributed by atoms with E-state index in [1.54, 1.807) is 14.2 Å². The van der Waals surface area contributed by atoms with Crippen LogP contribution in [0.4, 0.5) is 0 Å². The number of hydrogen-bond donors (Lipinski definition) is 0. The standard InChI is InChI=1S/C24H29NO3.C22H46O3/c1-27-22-14-19-13-20(24(26)21(19)15-23(22)28-2)12-17-8-10-25(11-9-17)16-18-6-4-3-5-7-18;1-3-5-7-9-11-13-15-17-19-23-21-25-22-24-20-18-16-14-12-10-8-6-4-2/h3-7,14-15,17,20H,8-13,16H2,1-2H3;3-22H2,1-2H3. The summed E-state index contributed by atoms with van der Waals surface area (Å²) >= 11 is 0. The third kappa shape index (κ3) is 18.6. The first-order chi connectivity index (χ1) is 26.1. The number of ether oxygens (including phenoxy) is 5. The van der Waals surface area contributed by atoms with E-state index in [2.05, 4.69) is 49.1 Å². The zero-order valence-electron chi connectivity index (χ0n) is 34.2. The number of ketones is 1. The number of likely N-dealkylation sites (tertiary alicyclic amines) is 1. The van der Waals surface area contributed by atoms with Gasteiger partial charge in [0.2, 0.25) is 0 Å². The molecule has 7 heteroatoms. The van der Waals surface area contributed by atoms with Crippen LogP contribution in [0.3, 0.4) is 0 Å². The topological polar surface area (TPSA) is 66.5 Å². The summed E-state index contributed by atoms with van der Waals surface area (Å²) < 4.78 is 27.0. The fourth-order valence-electron chi connectivity index (χ4n) is 7.66. The van der Waals surface area contributed by atoms with Crippen LogP contribution in [0.1, 0.15) is 157 Å². The van der Waals surface area contributed by atoms with E-state index in [0.29, 0.717) is 31.0 Å². The second-order valence-electron chi connectivity index (χ2n) is 15.3. The minimum Gasteiger partial charge on any atom is -0.493 e. The Morgan fingerprint density at radius 1 is 0.642 bits per heavy atom. The van der Waals surface area contributed by atoms with Crippen molar-refractivity contribution >= 4 is 5.78 Å². The maximum absolute atomic E-state index is 12.9. The number of carbonyl (C=O) groups excluding carboxylic acids is 1. The zero-order valence-corrected chi connectivity index (χ0v) is 34.2. The van der Waals surface area contributed by atoms with Crippen molar-refractivity contribution < 1.29 is 28.5 Å². The molecule has 0 saturated carbocycles. The third-order valence-electron chi connectivity index (χ3n) is 10.9. The molecule has 0 bridgehead atoms. The van der Waals surface area contributed by atoms with Crippen LogP contribution in [0.25, 0.3) is 0 Å². The van der Waals surface area contributed by atoms with E-state index in [-0.39, 0.29) is 11.7 Å². The van der Waals surface area contributed by atoms with Crippen molar-refractivity contribution in [3.05, 3.63) is 59.2 Å². The van der Waals surface area contributed by atoms with Crippen molar-refractivity contribution in [3.63, 3.8) is 0 Å². The normalized spacial score (nSPS) is 16.0. The Kier molecular flexibility index (Phi) is 24.5. The summed E-state index contributed by atoms with van der Waals surface area (Å²) in [4.78, 5) is 15.5. The fourth-order valence-corrected chi connectivity index (χ4v) is 7.66. The highest BCUT2D eigenvalue weighted by Gasteiger charge is 2.34. The van der Waals surface area contributed by atoms with Crippen molar-refractivity contribution in [1.29, 1.82) is 0 Å². The van der Waals surface area contributed by atoms with Crippen LogP contribution in [0.2, 0.25) is 0 Å². The Morgan fingerprint density at radius 3 is 1.68 bits per heavy atom. The molecule has 0 amide bonds. The summed E-state index contributed by atoms with van der Waals surface area (Å²) in [5, 5.41) is 0. The highest BCUT2D eigenvalue weighted by molar-refractivity contribution is 6.02. The predicted molar refractivity (Wildman–Crippen MR) is 218 cm³/mol. The van der Waals surface area contributed by atoms with E-state index in [9.17, 15) is 4.79 Å². The lowest BCUT2D eigenvalue weighted by Gasteiger charge is -2.32. The molecular weight excluding hydrogens is 663 g/mol. The minimum atomic E-state index is 0.109. The summed E-state index contributed by atoms with van der Waals surface area (Å²) in [7, 11) is 3.26. The molecule has 4 rings (SSSR count). The van der Waals surface area contributed by atoms with Crippen molar-refractivity contribution in [1.82, 2.24) is 4.90 Å². The van der Waals surface area contributed by atoms with E-state index in [4.69, 9.17) is 23.7 Å². The Bertz CT molecular complexity index is 1180. The number of unbranched alkanes of at least 4 members (excludes halogenated alkanes) is 14. The molecule has 1 aliphatic heterocycles. The van der Waals surface area contributed by atoms with Crippen LogP contribution in [0.5, 0.6) is 11.5 Å². The molecule has 1 fully saturated rings. The molecule has 0 N–H and O–H groups in total. The molecule has 300 valence electrons. The Hall–Kier alpha value is -2.45. The average Bonchev–Trinajstić information content (AvgIpc) is 3.49. The number of nitrogens with zero attached hydrogens (tertiary/aromatic N) is 1. The molecule has 1 unspecified atom stereocenters. The number of rotatable bonds is 28. The monoisotopic (exact) mass is 738 g/mol. The van der Waals surface area contributed by atoms with Gasteiger partial charge in [-0.15, -0.1) is 0 Å². The van der Waals surface area contributed by atoms with Gasteiger partial charge in [0.1, 0.15) is 13.6 Å². The SMILES string of the molecule is CCCCCCCCCCOCOCOCCCCCCCCCC.COc1cc2c(cc1OC)C(=O)C(CC1CCN(Cc3ccccc3)CC1)C2. The summed E-state index contributed by atoms with van der Waals surface area (Å²) in [5.74, 6) is 2.38. The van der Waals surface area contributed by atoms with Crippen molar-refractivity contribution in [2.24, 2.45) is 11.8 Å². The molecule has 2 aromatic rings. The molecule has 2 aliphatic rings. The number of benzene rings is 2. The summed E-state index contributed by atoms with van der Waals surface area (Å²) in [6.07, 6.45) is 25.5. The van der Waals surface area contributed by atoms with Crippen LogP contribution in [-0.4, -0.2) is 64.8 Å². The highest BCUT2D eigenvalue weighted by Crippen LogP contribution is 2.39. The largest absolute Gasteiger partial charge is 0.493 e. The summed E-state index contributed by atoms with van der Waals surface area (Å²) in [6.45, 7) is 10.2. The molecule has 0 radical (unpaired) electrons. The fraction of sp³-hybridized carbons (Fsp3) is 0.717. The van der Waals surface area contributed by atoms with E-state index in [1.807, 2.05) is 12.1 Å². The first-order valence-electron chi connectivity index (χ1n) is 21.4. The van der Waals surface area contributed by atoms with Gasteiger partial charge in [0.25, 0.3) is 0 Å². The smallest absolute Gasteiger partial charge is 0.166 e. The number of fused-ring (bicyclic) bond motifs is 1. The van der Waals surface area contributed by atoms with Gasteiger partial charge in [0, 0.05) is 31.2 Å². The average molecular weight is 738 g/mol. The molecule has 1 heterocycles. The van der Waals surface area contributed by atoms with Crippen molar-refractivity contribution in [3.8, 4) is 11.5 Å². The zero-order chi connectivity index (χ0) is 37.8. The summed E-state index contributed by atoms with van der Waals surface area (Å²) in [5.41, 5.74) is 3.31. The molecular formula is C46H75NO6. The van der Waals surface area contributed by atoms with Gasteiger partial charge >= 0.3 is 0 Å². The maximum atomic E-state index is 12.9. The van der Waals surface area contributed by atoms with E-state index in [1.165, 1.54) is 108 Å². The van der Waals surface area contributed by atoms with Gasteiger partial charge in [0.15, 0.2) is 17.3 Å². The molecule has 1 aliphatic carbocycles. The first kappa shape index (κ1) is 44.9. The van der Waals surface area contributed by atoms with Crippen LogP contribution >= 0.6 is 0 Å². The maximum Gasteiger partial charge on any atom is 0.166 e. The van der Waals surface area contributed by atoms with E-state index in [0.717, 1.165) is 69.7 Å². The Labute approximate surface area is 323 Å². The number of methoxy groups -OCH3 is 2. The van der Waals surface area contributed by atoms with Crippen LogP contribution in [-0.2, 0) is 27.2 Å². The van der Waals surface area contributed by atoms with Gasteiger partial charge in [-0.05, 0) is 80.8 Å². The molecule has 1 saturated heterocycles. The third-order valence-corrected chi connectivity index (χ3v) is 10.9. The van der Waals surface area contributed by atoms with Crippen LogP contribution in [0, 0.1) is 11.8 Å². The molecule has 53 heavy (non-hydrogen) atoms. The lowest BCUT2D eigenvalue weighted by atomic mass is 9.85. The van der Waals surface area contributed by atoms with Gasteiger partial charge in [-0.3, -0.25) is 9.69 Å². The number of Topliss-reactive ketones (excluding diaryl/α,β-unsaturated/α-hetero) is 1. The predicted octanol–water partition coefficient (Wildman–Crippen LogP) is 11.6. The molecule has 2 aromatic carbocycles. The number of carbonyl (C=O) groups is 1. The van der Waals surface area contributed by atoms with Crippen LogP contribution in [0.15, 0.2) is 42.5 Å². The molecule has 0 spiro atoms. The van der Waals surface area contributed by atoms with Crippen molar-refractivity contribution in [2.45, 2.75) is 149 Å². The van der Waals surface area contributed by atoms with Crippen molar-refractivity contribution in [2.75, 3.05) is 54.1 Å². The molecule has 1 atom stereocenters. The number of hydrogen-bond acceptors (Lipinski definition) is 7. The lowest BCUT2D eigenvalue weighted by molar-refractivity contribution is -0.131. The quantitative estimate of drug-likeness (QED) is 0.0636. The Morgan fingerprint density at radius 2 is 1.15 bits per heavy atom. The van der Waals surface area contributed by atoms with E-state index < -0.39 is 0 Å². The number of piperidine rings is 1. The van der Waals surface area contributed by atoms with E-state index >= 15 is 0 Å². The second-order valence-corrected chi connectivity index (χ2v) is 15.3. The van der Waals surface area contributed by atoms with Gasteiger partial charge in [-0.25, -0.2) is 0 Å². The second kappa shape index (κ2) is 28.9. The first-order valence-corrected chi connectivity index (χ1v) is 21.4.